The lowest BCUT2D eigenvalue weighted by Gasteiger charge is -2.16. The first-order chi connectivity index (χ1) is 13.1. The van der Waals surface area contributed by atoms with Gasteiger partial charge in [0, 0.05) is 23.8 Å². The average Bonchev–Trinajstić information content (AvgIpc) is 3.28. The highest BCUT2D eigenvalue weighted by Crippen LogP contribution is 2.23. The Kier molecular flexibility index (Phi) is 4.79. The van der Waals surface area contributed by atoms with Gasteiger partial charge in [-0.05, 0) is 62.8 Å². The molecule has 1 atom stereocenters. The van der Waals surface area contributed by atoms with E-state index in [2.05, 4.69) is 44.8 Å². The second-order valence-corrected chi connectivity index (χ2v) is 7.24. The summed E-state index contributed by atoms with van der Waals surface area (Å²) in [5.74, 6) is 0.961. The van der Waals surface area contributed by atoms with Crippen LogP contribution in [0.25, 0.3) is 5.69 Å². The Bertz CT molecular complexity index is 938. The molecule has 6 heteroatoms. The van der Waals surface area contributed by atoms with Crippen LogP contribution in [0.3, 0.4) is 0 Å². The van der Waals surface area contributed by atoms with E-state index in [1.165, 1.54) is 24.1 Å². The second-order valence-electron chi connectivity index (χ2n) is 7.24. The van der Waals surface area contributed by atoms with Crippen LogP contribution in [0.15, 0.2) is 36.7 Å². The smallest absolute Gasteiger partial charge is 0.226 e. The number of H-pyrrole nitrogens is 1. The van der Waals surface area contributed by atoms with Crippen LogP contribution in [0.5, 0.6) is 0 Å². The van der Waals surface area contributed by atoms with Crippen LogP contribution in [0.1, 0.15) is 54.1 Å². The fourth-order valence-electron chi connectivity index (χ4n) is 3.80. The molecule has 0 spiro atoms. The van der Waals surface area contributed by atoms with Crippen molar-refractivity contribution in [3.63, 3.8) is 0 Å². The molecule has 2 N–H and O–H groups in total. The van der Waals surface area contributed by atoms with Crippen LogP contribution < -0.4 is 5.32 Å². The summed E-state index contributed by atoms with van der Waals surface area (Å²) in [6.07, 6.45) is 8.53. The van der Waals surface area contributed by atoms with E-state index in [-0.39, 0.29) is 11.9 Å². The van der Waals surface area contributed by atoms with Crippen molar-refractivity contribution in [3.8, 4) is 5.69 Å². The van der Waals surface area contributed by atoms with Crippen LogP contribution in [0, 0.1) is 6.92 Å². The maximum absolute atomic E-state index is 12.5. The third-order valence-corrected chi connectivity index (χ3v) is 5.34. The summed E-state index contributed by atoms with van der Waals surface area (Å²) in [7, 11) is 0. The van der Waals surface area contributed by atoms with Gasteiger partial charge in [-0.1, -0.05) is 12.1 Å². The number of hydrogen-bond acceptors (Lipinski definition) is 3. The lowest BCUT2D eigenvalue weighted by atomic mass is 9.95. The zero-order valence-corrected chi connectivity index (χ0v) is 15.8. The molecule has 1 unspecified atom stereocenters. The summed E-state index contributed by atoms with van der Waals surface area (Å²) in [5.41, 5.74) is 5.51. The van der Waals surface area contributed by atoms with E-state index in [0.717, 1.165) is 35.6 Å². The first kappa shape index (κ1) is 17.5. The minimum Gasteiger partial charge on any atom is -0.349 e. The fourth-order valence-corrected chi connectivity index (χ4v) is 3.80. The molecule has 0 aliphatic heterocycles. The molecule has 0 saturated carbocycles. The van der Waals surface area contributed by atoms with Gasteiger partial charge < -0.3 is 9.88 Å². The number of carbonyl (C=O) groups excluding carboxylic acids is 1. The minimum atomic E-state index is -0.0507. The Labute approximate surface area is 159 Å². The van der Waals surface area contributed by atoms with E-state index >= 15 is 0 Å². The van der Waals surface area contributed by atoms with Gasteiger partial charge in [0.2, 0.25) is 5.91 Å². The molecule has 1 aliphatic rings. The van der Waals surface area contributed by atoms with Crippen molar-refractivity contribution in [2.75, 3.05) is 0 Å². The number of carbonyl (C=O) groups is 1. The first-order valence-corrected chi connectivity index (χ1v) is 9.56. The number of imidazole rings is 1. The largest absolute Gasteiger partial charge is 0.349 e. The zero-order valence-electron chi connectivity index (χ0n) is 15.8. The van der Waals surface area contributed by atoms with Crippen LogP contribution in [-0.4, -0.2) is 25.7 Å². The predicted molar refractivity (Wildman–Crippen MR) is 104 cm³/mol. The topological polar surface area (TPSA) is 75.6 Å². The molecule has 27 heavy (non-hydrogen) atoms. The molecule has 0 fully saturated rings. The third-order valence-electron chi connectivity index (χ3n) is 5.34. The summed E-state index contributed by atoms with van der Waals surface area (Å²) >= 11 is 0. The molecule has 2 aromatic heterocycles. The molecule has 1 aliphatic carbocycles. The maximum Gasteiger partial charge on any atom is 0.226 e. The molecule has 1 aromatic carbocycles. The van der Waals surface area contributed by atoms with Gasteiger partial charge in [-0.3, -0.25) is 9.89 Å². The number of nitrogens with one attached hydrogen (secondary N) is 2. The van der Waals surface area contributed by atoms with Crippen LogP contribution in [0.4, 0.5) is 0 Å². The summed E-state index contributed by atoms with van der Waals surface area (Å²) in [4.78, 5) is 16.8. The Balaban J connectivity index is 1.40. The van der Waals surface area contributed by atoms with Crippen molar-refractivity contribution in [2.24, 2.45) is 0 Å². The van der Waals surface area contributed by atoms with Crippen molar-refractivity contribution in [1.82, 2.24) is 25.1 Å². The molecule has 0 saturated heterocycles. The van der Waals surface area contributed by atoms with Gasteiger partial charge >= 0.3 is 0 Å². The van der Waals surface area contributed by atoms with E-state index in [9.17, 15) is 4.79 Å². The molecular formula is C21H25N5O. The third kappa shape index (κ3) is 3.65. The van der Waals surface area contributed by atoms with Crippen LogP contribution in [0.2, 0.25) is 0 Å². The molecular weight excluding hydrogens is 338 g/mol. The van der Waals surface area contributed by atoms with Crippen molar-refractivity contribution in [3.05, 3.63) is 65.0 Å². The SMILES string of the molecule is Cc1nccn1-c1ccc(C(C)NC(=O)Cc2n[nH]c3c2CCCC3)cc1. The van der Waals surface area contributed by atoms with E-state index in [0.29, 0.717) is 6.42 Å². The normalized spacial score (nSPS) is 14.6. The van der Waals surface area contributed by atoms with Crippen LogP contribution >= 0.6 is 0 Å². The van der Waals surface area contributed by atoms with E-state index < -0.39 is 0 Å². The zero-order chi connectivity index (χ0) is 18.8. The standard InChI is InChI=1S/C21H25N5O/c1-14(16-7-9-17(10-8-16)26-12-11-22-15(26)2)23-21(27)13-20-18-5-3-4-6-19(18)24-25-20/h7-12,14H,3-6,13H2,1-2H3,(H,23,27)(H,24,25). The predicted octanol–water partition coefficient (Wildman–Crippen LogP) is 3.20. The Morgan fingerprint density at radius 2 is 2.04 bits per heavy atom. The molecule has 3 aromatic rings. The van der Waals surface area contributed by atoms with Gasteiger partial charge in [0.1, 0.15) is 5.82 Å². The van der Waals surface area contributed by atoms with Crippen LogP contribution in [-0.2, 0) is 24.1 Å². The highest BCUT2D eigenvalue weighted by atomic mass is 16.1. The van der Waals surface area contributed by atoms with Gasteiger partial charge in [0.05, 0.1) is 18.2 Å². The average molecular weight is 363 g/mol. The number of benzene rings is 1. The molecule has 4 rings (SSSR count). The molecule has 1 amide bonds. The van der Waals surface area contributed by atoms with Gasteiger partial charge in [-0.15, -0.1) is 0 Å². The summed E-state index contributed by atoms with van der Waals surface area (Å²) in [6, 6.07) is 8.16. The van der Waals surface area contributed by atoms with E-state index in [1.807, 2.05) is 24.6 Å². The summed E-state index contributed by atoms with van der Waals surface area (Å²) < 4.78 is 2.04. The number of aromatic nitrogens is 4. The first-order valence-electron chi connectivity index (χ1n) is 9.56. The number of nitrogens with zero attached hydrogens (tertiary/aromatic N) is 3. The molecule has 0 bridgehead atoms. The molecule has 2 heterocycles. The molecule has 0 radical (unpaired) electrons. The van der Waals surface area contributed by atoms with Gasteiger partial charge in [0.15, 0.2) is 0 Å². The van der Waals surface area contributed by atoms with Crippen molar-refractivity contribution in [1.29, 1.82) is 0 Å². The number of hydrogen-bond donors (Lipinski definition) is 2. The van der Waals surface area contributed by atoms with Gasteiger partial charge in [0.25, 0.3) is 0 Å². The Morgan fingerprint density at radius 1 is 1.26 bits per heavy atom. The fraction of sp³-hybridized carbons (Fsp3) is 0.381. The lowest BCUT2D eigenvalue weighted by molar-refractivity contribution is -0.121. The number of rotatable bonds is 5. The number of amides is 1. The van der Waals surface area contributed by atoms with Crippen molar-refractivity contribution < 1.29 is 4.79 Å². The van der Waals surface area contributed by atoms with E-state index in [1.54, 1.807) is 6.20 Å². The van der Waals surface area contributed by atoms with Gasteiger partial charge in [-0.25, -0.2) is 4.98 Å². The summed E-state index contributed by atoms with van der Waals surface area (Å²) in [5, 5.41) is 10.6. The van der Waals surface area contributed by atoms with Crippen molar-refractivity contribution >= 4 is 5.91 Å². The highest BCUT2D eigenvalue weighted by Gasteiger charge is 2.19. The molecule has 140 valence electrons. The summed E-state index contributed by atoms with van der Waals surface area (Å²) in [6.45, 7) is 3.99. The highest BCUT2D eigenvalue weighted by molar-refractivity contribution is 5.79. The number of aromatic amines is 1. The molecule has 6 nitrogen and oxygen atoms in total. The van der Waals surface area contributed by atoms with Gasteiger partial charge in [-0.2, -0.15) is 5.10 Å². The second kappa shape index (κ2) is 7.39. The number of aryl methyl sites for hydroxylation is 2. The Morgan fingerprint density at radius 3 is 2.78 bits per heavy atom. The maximum atomic E-state index is 12.5. The lowest BCUT2D eigenvalue weighted by Crippen LogP contribution is -2.28. The quantitative estimate of drug-likeness (QED) is 0.731. The van der Waals surface area contributed by atoms with E-state index in [4.69, 9.17) is 0 Å². The Hall–Kier alpha value is -2.89. The minimum absolute atomic E-state index is 0.0110. The van der Waals surface area contributed by atoms with Crippen molar-refractivity contribution in [2.45, 2.75) is 52.0 Å². The number of fused-ring (bicyclic) bond motifs is 1. The monoisotopic (exact) mass is 363 g/mol.